The van der Waals surface area contributed by atoms with Crippen molar-refractivity contribution in [2.24, 2.45) is 0 Å². The van der Waals surface area contributed by atoms with Gasteiger partial charge >= 0.3 is 11.7 Å². The molecule has 0 amide bonds. The SMILES string of the molecule is CCc1cc([N+](=O)[O-])cc2nc(OCc3ccccc3)oc(=O)c12. The van der Waals surface area contributed by atoms with Crippen LogP contribution >= 0.6 is 0 Å². The Morgan fingerprint density at radius 2 is 2.00 bits per heavy atom. The number of nitro benzene ring substituents is 1. The summed E-state index contributed by atoms with van der Waals surface area (Å²) < 4.78 is 10.5. The molecule has 24 heavy (non-hydrogen) atoms. The zero-order valence-electron chi connectivity index (χ0n) is 12.9. The number of ether oxygens (including phenoxy) is 1. The van der Waals surface area contributed by atoms with Crippen LogP contribution in [0.3, 0.4) is 0 Å². The molecule has 0 N–H and O–H groups in total. The summed E-state index contributed by atoms with van der Waals surface area (Å²) in [6.45, 7) is 1.98. The lowest BCUT2D eigenvalue weighted by Gasteiger charge is -2.06. The number of rotatable bonds is 5. The van der Waals surface area contributed by atoms with E-state index in [-0.39, 0.29) is 29.3 Å². The van der Waals surface area contributed by atoms with E-state index in [9.17, 15) is 14.9 Å². The average molecular weight is 326 g/mol. The number of benzene rings is 2. The van der Waals surface area contributed by atoms with Crippen LogP contribution in [-0.2, 0) is 13.0 Å². The molecule has 0 aliphatic carbocycles. The third-order valence-electron chi connectivity index (χ3n) is 3.58. The second kappa shape index (κ2) is 6.49. The van der Waals surface area contributed by atoms with Crippen LogP contribution in [0.25, 0.3) is 10.9 Å². The van der Waals surface area contributed by atoms with Crippen LogP contribution < -0.4 is 10.4 Å². The van der Waals surface area contributed by atoms with Crippen molar-refractivity contribution in [2.45, 2.75) is 20.0 Å². The minimum absolute atomic E-state index is 0.119. The first-order chi connectivity index (χ1) is 11.6. The number of hydrogen-bond donors (Lipinski definition) is 0. The maximum absolute atomic E-state index is 12.2. The van der Waals surface area contributed by atoms with Gasteiger partial charge in [0.15, 0.2) is 0 Å². The fraction of sp³-hybridized carbons (Fsp3) is 0.176. The number of hydrogen-bond acceptors (Lipinski definition) is 6. The van der Waals surface area contributed by atoms with Crippen molar-refractivity contribution in [2.75, 3.05) is 0 Å². The van der Waals surface area contributed by atoms with Crippen molar-refractivity contribution in [3.63, 3.8) is 0 Å². The number of fused-ring (bicyclic) bond motifs is 1. The Kier molecular flexibility index (Phi) is 4.24. The maximum atomic E-state index is 12.2. The lowest BCUT2D eigenvalue weighted by Crippen LogP contribution is -2.08. The summed E-state index contributed by atoms with van der Waals surface area (Å²) in [6.07, 6.45) is 0.244. The predicted molar refractivity (Wildman–Crippen MR) is 87.1 cm³/mol. The molecule has 0 spiro atoms. The van der Waals surface area contributed by atoms with Gasteiger partial charge in [0.05, 0.1) is 15.8 Å². The van der Waals surface area contributed by atoms with Crippen LogP contribution in [0.5, 0.6) is 6.08 Å². The van der Waals surface area contributed by atoms with E-state index >= 15 is 0 Å². The van der Waals surface area contributed by atoms with Gasteiger partial charge in [0, 0.05) is 12.1 Å². The summed E-state index contributed by atoms with van der Waals surface area (Å²) in [5.74, 6) is 0. The van der Waals surface area contributed by atoms with Crippen molar-refractivity contribution < 1.29 is 14.1 Å². The molecule has 1 aromatic heterocycles. The van der Waals surface area contributed by atoms with E-state index in [2.05, 4.69) is 4.98 Å². The summed E-state index contributed by atoms with van der Waals surface area (Å²) in [6, 6.07) is 11.9. The van der Waals surface area contributed by atoms with Crippen LogP contribution in [0, 0.1) is 10.1 Å². The highest BCUT2D eigenvalue weighted by Crippen LogP contribution is 2.24. The van der Waals surface area contributed by atoms with Crippen LogP contribution in [-0.4, -0.2) is 9.91 Å². The van der Waals surface area contributed by atoms with Crippen LogP contribution in [0.15, 0.2) is 51.7 Å². The standard InChI is InChI=1S/C17H14N2O5/c1-2-12-8-13(19(21)22)9-14-15(12)16(20)24-17(18-14)23-10-11-6-4-3-5-7-11/h3-9H,2,10H2,1H3. The summed E-state index contributed by atoms with van der Waals surface area (Å²) in [7, 11) is 0. The number of nitro groups is 1. The molecule has 0 atom stereocenters. The maximum Gasteiger partial charge on any atom is 0.397 e. The van der Waals surface area contributed by atoms with E-state index in [1.807, 2.05) is 30.3 Å². The molecular weight excluding hydrogens is 312 g/mol. The predicted octanol–water partition coefficient (Wildman–Crippen LogP) is 3.24. The molecule has 0 saturated carbocycles. The van der Waals surface area contributed by atoms with Gasteiger partial charge in [0.2, 0.25) is 0 Å². The molecule has 3 aromatic rings. The first kappa shape index (κ1) is 15.7. The van der Waals surface area contributed by atoms with Crippen LogP contribution in [0.1, 0.15) is 18.1 Å². The summed E-state index contributed by atoms with van der Waals surface area (Å²) in [5.41, 5.74) is 0.868. The second-order valence-corrected chi connectivity index (χ2v) is 5.15. The van der Waals surface area contributed by atoms with Gasteiger partial charge in [-0.3, -0.25) is 10.1 Å². The Bertz CT molecular complexity index is 950. The van der Waals surface area contributed by atoms with Crippen molar-refractivity contribution in [3.05, 3.63) is 74.1 Å². The Hall–Kier alpha value is -3.22. The molecule has 0 saturated heterocycles. The van der Waals surface area contributed by atoms with Gasteiger partial charge in [-0.1, -0.05) is 37.3 Å². The Morgan fingerprint density at radius 1 is 1.25 bits per heavy atom. The minimum Gasteiger partial charge on any atom is -0.445 e. The Balaban J connectivity index is 2.02. The van der Waals surface area contributed by atoms with E-state index in [0.29, 0.717) is 12.0 Å². The quantitative estimate of drug-likeness (QED) is 0.527. The van der Waals surface area contributed by atoms with Gasteiger partial charge in [-0.25, -0.2) is 4.79 Å². The van der Waals surface area contributed by atoms with Crippen LogP contribution in [0.4, 0.5) is 5.69 Å². The fourth-order valence-corrected chi connectivity index (χ4v) is 2.41. The highest BCUT2D eigenvalue weighted by molar-refractivity contribution is 5.83. The third-order valence-corrected chi connectivity index (χ3v) is 3.58. The van der Waals surface area contributed by atoms with Crippen LogP contribution in [0.2, 0.25) is 0 Å². The fourth-order valence-electron chi connectivity index (χ4n) is 2.41. The van der Waals surface area contributed by atoms with E-state index in [4.69, 9.17) is 9.15 Å². The van der Waals surface area contributed by atoms with E-state index in [1.165, 1.54) is 12.1 Å². The van der Waals surface area contributed by atoms with Crippen molar-refractivity contribution in [1.29, 1.82) is 0 Å². The molecule has 2 aromatic carbocycles. The largest absolute Gasteiger partial charge is 0.445 e. The highest BCUT2D eigenvalue weighted by Gasteiger charge is 2.17. The van der Waals surface area contributed by atoms with Crippen molar-refractivity contribution in [1.82, 2.24) is 4.98 Å². The Labute approximate surface area is 136 Å². The smallest absolute Gasteiger partial charge is 0.397 e. The van der Waals surface area contributed by atoms with Gasteiger partial charge in [0.1, 0.15) is 6.61 Å². The molecule has 7 heteroatoms. The number of aromatic nitrogens is 1. The third kappa shape index (κ3) is 3.10. The van der Waals surface area contributed by atoms with Gasteiger partial charge in [-0.05, 0) is 17.5 Å². The average Bonchev–Trinajstić information content (AvgIpc) is 2.59. The molecule has 0 fully saturated rings. The monoisotopic (exact) mass is 326 g/mol. The molecule has 0 bridgehead atoms. The van der Waals surface area contributed by atoms with Crippen molar-refractivity contribution in [3.8, 4) is 6.08 Å². The normalized spacial score (nSPS) is 10.7. The molecule has 7 nitrogen and oxygen atoms in total. The zero-order valence-corrected chi connectivity index (χ0v) is 12.9. The Morgan fingerprint density at radius 3 is 2.67 bits per heavy atom. The molecule has 0 aliphatic rings. The lowest BCUT2D eigenvalue weighted by atomic mass is 10.1. The topological polar surface area (TPSA) is 95.5 Å². The second-order valence-electron chi connectivity index (χ2n) is 5.15. The number of nitrogens with zero attached hydrogens (tertiary/aromatic N) is 2. The van der Waals surface area contributed by atoms with Crippen molar-refractivity contribution >= 4 is 16.6 Å². The number of aryl methyl sites for hydroxylation is 1. The van der Waals surface area contributed by atoms with Gasteiger partial charge in [0.25, 0.3) is 5.69 Å². The van der Waals surface area contributed by atoms with E-state index in [1.54, 1.807) is 6.92 Å². The van der Waals surface area contributed by atoms with Gasteiger partial charge < -0.3 is 9.15 Å². The van der Waals surface area contributed by atoms with Gasteiger partial charge in [-0.15, -0.1) is 0 Å². The molecule has 0 radical (unpaired) electrons. The summed E-state index contributed by atoms with van der Waals surface area (Å²) >= 11 is 0. The summed E-state index contributed by atoms with van der Waals surface area (Å²) in [4.78, 5) is 26.8. The molecular formula is C17H14N2O5. The van der Waals surface area contributed by atoms with E-state index in [0.717, 1.165) is 5.56 Å². The summed E-state index contributed by atoms with van der Waals surface area (Å²) in [5, 5.41) is 11.3. The molecule has 0 aliphatic heterocycles. The molecule has 122 valence electrons. The first-order valence-electron chi connectivity index (χ1n) is 7.37. The zero-order chi connectivity index (χ0) is 17.1. The minimum atomic E-state index is -0.616. The van der Waals surface area contributed by atoms with E-state index < -0.39 is 10.5 Å². The lowest BCUT2D eigenvalue weighted by molar-refractivity contribution is -0.384. The molecule has 0 unspecified atom stereocenters. The molecule has 3 rings (SSSR count). The highest BCUT2D eigenvalue weighted by atomic mass is 16.6. The van der Waals surface area contributed by atoms with Gasteiger partial charge in [-0.2, -0.15) is 4.98 Å². The number of non-ortho nitro benzene ring substituents is 1. The first-order valence-corrected chi connectivity index (χ1v) is 7.37. The molecule has 1 heterocycles.